The lowest BCUT2D eigenvalue weighted by Gasteiger charge is -2.28. The van der Waals surface area contributed by atoms with Crippen molar-refractivity contribution in [1.82, 2.24) is 15.2 Å². The second-order valence-electron chi connectivity index (χ2n) is 4.50. The van der Waals surface area contributed by atoms with Crippen molar-refractivity contribution in [3.8, 4) is 0 Å². The smallest absolute Gasteiger partial charge is 0.244 e. The summed E-state index contributed by atoms with van der Waals surface area (Å²) in [6.07, 6.45) is 2.07. The van der Waals surface area contributed by atoms with Gasteiger partial charge in [-0.2, -0.15) is 4.98 Å². The van der Waals surface area contributed by atoms with Crippen LogP contribution in [0.25, 0.3) is 0 Å². The molecule has 0 amide bonds. The minimum atomic E-state index is 0.352. The highest BCUT2D eigenvalue weighted by Gasteiger charge is 2.19. The fourth-order valence-electron chi connectivity index (χ4n) is 1.76. The maximum absolute atomic E-state index is 5.85. The van der Waals surface area contributed by atoms with Gasteiger partial charge in [0.1, 0.15) is 5.82 Å². The van der Waals surface area contributed by atoms with Crippen LogP contribution in [-0.4, -0.2) is 34.3 Å². The summed E-state index contributed by atoms with van der Waals surface area (Å²) in [6.45, 7) is 6.15. The third-order valence-corrected chi connectivity index (χ3v) is 2.86. The van der Waals surface area contributed by atoms with Gasteiger partial charge >= 0.3 is 0 Å². The molecule has 5 heteroatoms. The van der Waals surface area contributed by atoms with E-state index in [1.807, 2.05) is 0 Å². The van der Waals surface area contributed by atoms with Gasteiger partial charge in [0.05, 0.1) is 0 Å². The van der Waals surface area contributed by atoms with Crippen LogP contribution in [0.1, 0.15) is 38.4 Å². The average molecular weight is 209 g/mol. The van der Waals surface area contributed by atoms with Gasteiger partial charge in [-0.15, -0.1) is 5.10 Å². The number of H-pyrrole nitrogens is 1. The molecule has 0 bridgehead atoms. The van der Waals surface area contributed by atoms with Gasteiger partial charge in [-0.1, -0.05) is 13.8 Å². The van der Waals surface area contributed by atoms with E-state index in [0.717, 1.165) is 37.7 Å². The van der Waals surface area contributed by atoms with E-state index in [0.29, 0.717) is 12.0 Å². The fraction of sp³-hybridized carbons (Fsp3) is 0.800. The molecule has 84 valence electrons. The standard InChI is InChI=1S/C10H19N5/c1-7(2)9-12-10(14-13-9)15-5-3-8(11)4-6-15/h7-8H,3-6,11H2,1-2H3,(H,12,13,14). The van der Waals surface area contributed by atoms with Crippen LogP contribution >= 0.6 is 0 Å². The molecule has 0 aliphatic carbocycles. The lowest BCUT2D eigenvalue weighted by Crippen LogP contribution is -2.40. The number of aromatic amines is 1. The van der Waals surface area contributed by atoms with Gasteiger partial charge in [-0.3, -0.25) is 5.10 Å². The number of nitrogens with one attached hydrogen (secondary N) is 1. The van der Waals surface area contributed by atoms with Gasteiger partial charge in [0, 0.05) is 25.0 Å². The minimum Gasteiger partial charge on any atom is -0.339 e. The molecule has 0 radical (unpaired) electrons. The third kappa shape index (κ3) is 2.28. The first-order valence-electron chi connectivity index (χ1n) is 5.59. The molecule has 1 aromatic rings. The zero-order valence-electron chi connectivity index (χ0n) is 9.40. The molecule has 1 aromatic heterocycles. The van der Waals surface area contributed by atoms with Crippen molar-refractivity contribution in [2.24, 2.45) is 5.73 Å². The Labute approximate surface area is 90.1 Å². The number of piperidine rings is 1. The Hall–Kier alpha value is -1.10. The number of nitrogens with zero attached hydrogens (tertiary/aromatic N) is 3. The van der Waals surface area contributed by atoms with Gasteiger partial charge in [0.15, 0.2) is 0 Å². The van der Waals surface area contributed by atoms with Crippen molar-refractivity contribution < 1.29 is 0 Å². The number of nitrogens with two attached hydrogens (primary N) is 1. The van der Waals surface area contributed by atoms with Crippen LogP contribution in [0.3, 0.4) is 0 Å². The van der Waals surface area contributed by atoms with E-state index in [2.05, 4.69) is 33.9 Å². The quantitative estimate of drug-likeness (QED) is 0.757. The van der Waals surface area contributed by atoms with Crippen molar-refractivity contribution >= 4 is 5.95 Å². The lowest BCUT2D eigenvalue weighted by atomic mass is 10.1. The highest BCUT2D eigenvalue weighted by atomic mass is 15.4. The molecule has 5 nitrogen and oxygen atoms in total. The Morgan fingerprint density at radius 3 is 2.60 bits per heavy atom. The van der Waals surface area contributed by atoms with Crippen molar-refractivity contribution in [3.05, 3.63) is 5.82 Å². The molecule has 0 unspecified atom stereocenters. The van der Waals surface area contributed by atoms with Crippen LogP contribution < -0.4 is 10.6 Å². The lowest BCUT2D eigenvalue weighted by molar-refractivity contribution is 0.496. The Bertz CT molecular complexity index is 311. The van der Waals surface area contributed by atoms with E-state index in [4.69, 9.17) is 5.73 Å². The van der Waals surface area contributed by atoms with E-state index in [1.165, 1.54) is 0 Å². The molecular weight excluding hydrogens is 190 g/mol. The van der Waals surface area contributed by atoms with Crippen LogP contribution in [0.5, 0.6) is 0 Å². The van der Waals surface area contributed by atoms with Gasteiger partial charge in [-0.05, 0) is 12.8 Å². The second kappa shape index (κ2) is 4.18. The number of aromatic nitrogens is 3. The summed E-state index contributed by atoms with van der Waals surface area (Å²) in [5, 5.41) is 7.21. The van der Waals surface area contributed by atoms with Crippen LogP contribution in [0.4, 0.5) is 5.95 Å². The highest BCUT2D eigenvalue weighted by Crippen LogP contribution is 2.17. The van der Waals surface area contributed by atoms with Crippen LogP contribution in [-0.2, 0) is 0 Å². The topological polar surface area (TPSA) is 70.8 Å². The predicted octanol–water partition coefficient (Wildman–Crippen LogP) is 0.856. The van der Waals surface area contributed by atoms with Gasteiger partial charge in [0.2, 0.25) is 5.95 Å². The first kappa shape index (κ1) is 10.4. The molecule has 0 aromatic carbocycles. The average Bonchev–Trinajstić information content (AvgIpc) is 2.68. The summed E-state index contributed by atoms with van der Waals surface area (Å²) in [7, 11) is 0. The van der Waals surface area contributed by atoms with Crippen molar-refractivity contribution in [3.63, 3.8) is 0 Å². The molecule has 2 rings (SSSR count). The van der Waals surface area contributed by atoms with Crippen molar-refractivity contribution in [2.45, 2.75) is 38.6 Å². The number of hydrogen-bond acceptors (Lipinski definition) is 4. The molecule has 15 heavy (non-hydrogen) atoms. The molecule has 1 aliphatic rings. The molecule has 0 saturated carbocycles. The summed E-state index contributed by atoms with van der Waals surface area (Å²) in [5.41, 5.74) is 5.85. The van der Waals surface area contributed by atoms with E-state index < -0.39 is 0 Å². The Morgan fingerprint density at radius 1 is 1.40 bits per heavy atom. The summed E-state index contributed by atoms with van der Waals surface area (Å²) in [5.74, 6) is 2.18. The normalized spacial score (nSPS) is 18.8. The SMILES string of the molecule is CC(C)c1nc(N2CCC(N)CC2)n[nH]1. The Balaban J connectivity index is 2.03. The minimum absolute atomic E-state index is 0.352. The van der Waals surface area contributed by atoms with Gasteiger partial charge in [-0.25, -0.2) is 0 Å². The predicted molar refractivity (Wildman–Crippen MR) is 59.9 cm³/mol. The second-order valence-corrected chi connectivity index (χ2v) is 4.50. The largest absolute Gasteiger partial charge is 0.339 e. The summed E-state index contributed by atoms with van der Waals surface area (Å²) < 4.78 is 0. The summed E-state index contributed by atoms with van der Waals surface area (Å²) >= 11 is 0. The van der Waals surface area contributed by atoms with Crippen LogP contribution in [0, 0.1) is 0 Å². The Morgan fingerprint density at radius 2 is 2.07 bits per heavy atom. The molecule has 0 spiro atoms. The maximum atomic E-state index is 5.85. The molecule has 0 atom stereocenters. The molecular formula is C10H19N5. The number of anilines is 1. The third-order valence-electron chi connectivity index (χ3n) is 2.86. The van der Waals surface area contributed by atoms with E-state index >= 15 is 0 Å². The van der Waals surface area contributed by atoms with Crippen molar-refractivity contribution in [2.75, 3.05) is 18.0 Å². The molecule has 1 fully saturated rings. The zero-order chi connectivity index (χ0) is 10.8. The first-order chi connectivity index (χ1) is 7.16. The zero-order valence-corrected chi connectivity index (χ0v) is 9.40. The fourth-order valence-corrected chi connectivity index (χ4v) is 1.76. The molecule has 1 saturated heterocycles. The van der Waals surface area contributed by atoms with Crippen LogP contribution in [0.2, 0.25) is 0 Å². The molecule has 2 heterocycles. The van der Waals surface area contributed by atoms with Gasteiger partial charge in [0.25, 0.3) is 0 Å². The number of hydrogen-bond donors (Lipinski definition) is 2. The number of rotatable bonds is 2. The Kier molecular flexibility index (Phi) is 2.90. The van der Waals surface area contributed by atoms with E-state index in [9.17, 15) is 0 Å². The maximum Gasteiger partial charge on any atom is 0.244 e. The first-order valence-corrected chi connectivity index (χ1v) is 5.59. The molecule has 1 aliphatic heterocycles. The van der Waals surface area contributed by atoms with Crippen LogP contribution in [0.15, 0.2) is 0 Å². The van der Waals surface area contributed by atoms with Crippen molar-refractivity contribution in [1.29, 1.82) is 0 Å². The summed E-state index contributed by atoms with van der Waals surface area (Å²) in [4.78, 5) is 6.68. The highest BCUT2D eigenvalue weighted by molar-refractivity contribution is 5.29. The monoisotopic (exact) mass is 209 g/mol. The van der Waals surface area contributed by atoms with E-state index in [-0.39, 0.29) is 0 Å². The molecule has 3 N–H and O–H groups in total. The van der Waals surface area contributed by atoms with Gasteiger partial charge < -0.3 is 10.6 Å². The van der Waals surface area contributed by atoms with E-state index in [1.54, 1.807) is 0 Å². The summed E-state index contributed by atoms with van der Waals surface area (Å²) in [6, 6.07) is 0.352.